The number of aromatic nitrogens is 2. The fourth-order valence-corrected chi connectivity index (χ4v) is 2.27. The molecule has 0 unspecified atom stereocenters. The Labute approximate surface area is 117 Å². The van der Waals surface area contributed by atoms with Gasteiger partial charge >= 0.3 is 5.97 Å². The lowest BCUT2D eigenvalue weighted by Gasteiger charge is -2.05. The Morgan fingerprint density at radius 3 is 2.95 bits per heavy atom. The molecular formula is C11H17N3O5S. The standard InChI is InChI=1S/C11H17N3O5S/c1-2-3-5-19-6-4-13-20(17,18)10-7-12-14(8-10)9-11(15)16/h2,7-8,13H,1,3-6,9H2,(H,15,16). The summed E-state index contributed by atoms with van der Waals surface area (Å²) in [7, 11) is -3.69. The van der Waals surface area contributed by atoms with Gasteiger partial charge in [0.1, 0.15) is 11.4 Å². The first-order valence-electron chi connectivity index (χ1n) is 5.88. The van der Waals surface area contributed by atoms with Gasteiger partial charge < -0.3 is 9.84 Å². The molecule has 0 aliphatic rings. The van der Waals surface area contributed by atoms with Crippen LogP contribution in [0.2, 0.25) is 0 Å². The minimum absolute atomic E-state index is 0.0789. The second-order valence-electron chi connectivity index (χ2n) is 3.85. The Morgan fingerprint density at radius 2 is 2.30 bits per heavy atom. The summed E-state index contributed by atoms with van der Waals surface area (Å²) in [6, 6.07) is 0. The highest BCUT2D eigenvalue weighted by atomic mass is 32.2. The number of nitrogens with one attached hydrogen (secondary N) is 1. The Bertz CT molecular complexity index is 552. The van der Waals surface area contributed by atoms with Crippen LogP contribution in [0.5, 0.6) is 0 Å². The number of hydrogen-bond acceptors (Lipinski definition) is 5. The predicted molar refractivity (Wildman–Crippen MR) is 70.7 cm³/mol. The molecule has 9 heteroatoms. The summed E-state index contributed by atoms with van der Waals surface area (Å²) in [6.45, 7) is 4.01. The lowest BCUT2D eigenvalue weighted by atomic mass is 10.5. The minimum Gasteiger partial charge on any atom is -0.480 e. The summed E-state index contributed by atoms with van der Waals surface area (Å²) in [5.74, 6) is -1.10. The molecule has 0 aliphatic heterocycles. The van der Waals surface area contributed by atoms with Gasteiger partial charge in [-0.25, -0.2) is 13.1 Å². The summed E-state index contributed by atoms with van der Waals surface area (Å²) in [5.41, 5.74) is 0. The van der Waals surface area contributed by atoms with Crippen molar-refractivity contribution in [3.63, 3.8) is 0 Å². The van der Waals surface area contributed by atoms with E-state index in [2.05, 4.69) is 16.4 Å². The smallest absolute Gasteiger partial charge is 0.325 e. The van der Waals surface area contributed by atoms with Gasteiger partial charge in [0.05, 0.1) is 19.4 Å². The van der Waals surface area contributed by atoms with Gasteiger partial charge in [0, 0.05) is 12.7 Å². The molecule has 1 heterocycles. The van der Waals surface area contributed by atoms with E-state index < -0.39 is 16.0 Å². The molecule has 20 heavy (non-hydrogen) atoms. The van der Waals surface area contributed by atoms with E-state index in [1.807, 2.05) is 0 Å². The Kier molecular flexibility index (Phi) is 6.36. The number of carboxylic acid groups (broad SMARTS) is 1. The van der Waals surface area contributed by atoms with E-state index in [0.29, 0.717) is 13.0 Å². The molecule has 0 aliphatic carbocycles. The average molecular weight is 303 g/mol. The topological polar surface area (TPSA) is 111 Å². The van der Waals surface area contributed by atoms with E-state index in [-0.39, 0.29) is 24.6 Å². The maximum atomic E-state index is 11.8. The molecule has 0 atom stereocenters. The van der Waals surface area contributed by atoms with Crippen molar-refractivity contribution in [1.82, 2.24) is 14.5 Å². The quantitative estimate of drug-likeness (QED) is 0.459. The Hall–Kier alpha value is -1.71. The van der Waals surface area contributed by atoms with E-state index in [1.165, 1.54) is 0 Å². The molecule has 0 spiro atoms. The van der Waals surface area contributed by atoms with E-state index in [9.17, 15) is 13.2 Å². The molecule has 112 valence electrons. The number of hydrogen-bond donors (Lipinski definition) is 2. The minimum atomic E-state index is -3.69. The molecule has 0 aromatic carbocycles. The number of ether oxygens (including phenoxy) is 1. The first-order valence-corrected chi connectivity index (χ1v) is 7.36. The predicted octanol–water partition coefficient (Wildman–Crippen LogP) is -0.161. The van der Waals surface area contributed by atoms with E-state index in [0.717, 1.165) is 17.1 Å². The molecule has 1 aromatic heterocycles. The van der Waals surface area contributed by atoms with Crippen LogP contribution in [-0.4, -0.2) is 49.0 Å². The van der Waals surface area contributed by atoms with Gasteiger partial charge in [-0.1, -0.05) is 6.08 Å². The van der Waals surface area contributed by atoms with Gasteiger partial charge in [0.15, 0.2) is 0 Å². The third-order valence-corrected chi connectivity index (χ3v) is 3.64. The average Bonchev–Trinajstić information content (AvgIpc) is 2.82. The van der Waals surface area contributed by atoms with Crippen LogP contribution >= 0.6 is 0 Å². The van der Waals surface area contributed by atoms with Crippen molar-refractivity contribution in [2.24, 2.45) is 0 Å². The van der Waals surface area contributed by atoms with Crippen LogP contribution in [-0.2, 0) is 26.1 Å². The summed E-state index contributed by atoms with van der Waals surface area (Å²) in [4.78, 5) is 10.4. The lowest BCUT2D eigenvalue weighted by Crippen LogP contribution is -2.27. The number of aliphatic carboxylic acids is 1. The summed E-state index contributed by atoms with van der Waals surface area (Å²) >= 11 is 0. The van der Waals surface area contributed by atoms with Gasteiger partial charge in [0.2, 0.25) is 10.0 Å². The fourth-order valence-electron chi connectivity index (χ4n) is 1.31. The van der Waals surface area contributed by atoms with Gasteiger partial charge in [-0.05, 0) is 6.42 Å². The van der Waals surface area contributed by atoms with Gasteiger partial charge in [0.25, 0.3) is 0 Å². The van der Waals surface area contributed by atoms with Crippen LogP contribution in [0.3, 0.4) is 0 Å². The summed E-state index contributed by atoms with van der Waals surface area (Å²) < 4.78 is 32.2. The maximum absolute atomic E-state index is 11.8. The molecule has 0 amide bonds. The fraction of sp³-hybridized carbons (Fsp3) is 0.455. The van der Waals surface area contributed by atoms with Gasteiger partial charge in [-0.3, -0.25) is 9.48 Å². The second-order valence-corrected chi connectivity index (χ2v) is 5.62. The molecule has 0 saturated heterocycles. The molecule has 0 saturated carbocycles. The van der Waals surface area contributed by atoms with Crippen molar-refractivity contribution in [2.75, 3.05) is 19.8 Å². The van der Waals surface area contributed by atoms with Gasteiger partial charge in [-0.15, -0.1) is 6.58 Å². The summed E-state index contributed by atoms with van der Waals surface area (Å²) in [6.07, 6.45) is 4.68. The van der Waals surface area contributed by atoms with E-state index >= 15 is 0 Å². The van der Waals surface area contributed by atoms with Crippen LogP contribution in [0.4, 0.5) is 0 Å². The highest BCUT2D eigenvalue weighted by molar-refractivity contribution is 7.89. The van der Waals surface area contributed by atoms with Crippen molar-refractivity contribution in [3.05, 3.63) is 25.0 Å². The van der Waals surface area contributed by atoms with Crippen LogP contribution < -0.4 is 4.72 Å². The van der Waals surface area contributed by atoms with Crippen LogP contribution in [0.15, 0.2) is 29.9 Å². The molecule has 2 N–H and O–H groups in total. The third kappa shape index (κ3) is 5.51. The Morgan fingerprint density at radius 1 is 1.55 bits per heavy atom. The van der Waals surface area contributed by atoms with Crippen molar-refractivity contribution in [1.29, 1.82) is 0 Å². The zero-order chi connectivity index (χ0) is 15.0. The molecule has 0 fully saturated rings. The number of rotatable bonds is 10. The van der Waals surface area contributed by atoms with Crippen molar-refractivity contribution in [2.45, 2.75) is 17.9 Å². The second kappa shape index (κ2) is 7.78. The first kappa shape index (κ1) is 16.3. The molecular weight excluding hydrogens is 286 g/mol. The van der Waals surface area contributed by atoms with E-state index in [1.54, 1.807) is 6.08 Å². The molecule has 1 rings (SSSR count). The van der Waals surface area contributed by atoms with Crippen molar-refractivity contribution < 1.29 is 23.1 Å². The molecule has 1 aromatic rings. The van der Waals surface area contributed by atoms with Gasteiger partial charge in [-0.2, -0.15) is 5.10 Å². The SMILES string of the molecule is C=CCCOCCNS(=O)(=O)c1cnn(CC(=O)O)c1. The molecule has 0 bridgehead atoms. The van der Waals surface area contributed by atoms with Crippen LogP contribution in [0.1, 0.15) is 6.42 Å². The maximum Gasteiger partial charge on any atom is 0.325 e. The number of sulfonamides is 1. The van der Waals surface area contributed by atoms with Crippen LogP contribution in [0.25, 0.3) is 0 Å². The largest absolute Gasteiger partial charge is 0.480 e. The third-order valence-electron chi connectivity index (χ3n) is 2.22. The summed E-state index contributed by atoms with van der Waals surface area (Å²) in [5, 5.41) is 12.2. The molecule has 8 nitrogen and oxygen atoms in total. The zero-order valence-electron chi connectivity index (χ0n) is 10.9. The first-order chi connectivity index (χ1) is 9.45. The van der Waals surface area contributed by atoms with Crippen molar-refractivity contribution in [3.8, 4) is 0 Å². The highest BCUT2D eigenvalue weighted by Crippen LogP contribution is 2.06. The number of carbonyl (C=O) groups is 1. The number of nitrogens with zero attached hydrogens (tertiary/aromatic N) is 2. The Balaban J connectivity index is 2.45. The van der Waals surface area contributed by atoms with E-state index in [4.69, 9.17) is 9.84 Å². The lowest BCUT2D eigenvalue weighted by molar-refractivity contribution is -0.137. The zero-order valence-corrected chi connectivity index (χ0v) is 11.7. The normalized spacial score (nSPS) is 11.4. The van der Waals surface area contributed by atoms with Crippen molar-refractivity contribution >= 4 is 16.0 Å². The monoisotopic (exact) mass is 303 g/mol. The molecule has 0 radical (unpaired) electrons. The number of carboxylic acids is 1. The van der Waals surface area contributed by atoms with Crippen LogP contribution in [0, 0.1) is 0 Å². The highest BCUT2D eigenvalue weighted by Gasteiger charge is 2.16.